The Morgan fingerprint density at radius 3 is 2.38 bits per heavy atom. The summed E-state index contributed by atoms with van der Waals surface area (Å²) in [5, 5.41) is 21.6. The van der Waals surface area contributed by atoms with Crippen molar-refractivity contribution in [3.8, 4) is 0 Å². The van der Waals surface area contributed by atoms with Crippen molar-refractivity contribution in [3.05, 3.63) is 78.0 Å². The number of aromatic nitrogens is 2. The van der Waals surface area contributed by atoms with Crippen LogP contribution < -0.4 is 16.4 Å². The average Bonchev–Trinajstić information content (AvgIpc) is 3.14. The van der Waals surface area contributed by atoms with E-state index in [2.05, 4.69) is 15.7 Å². The Kier molecular flexibility index (Phi) is 4.56. The summed E-state index contributed by atoms with van der Waals surface area (Å²) < 4.78 is 1.24. The molecule has 0 spiro atoms. The van der Waals surface area contributed by atoms with Crippen LogP contribution in [-0.4, -0.2) is 26.7 Å². The van der Waals surface area contributed by atoms with Crippen LogP contribution >= 0.6 is 0 Å². The standard InChI is InChI=1S/C21H21N5O3/c1-21(29)16(20(28)24-14-10-6-3-7-11-14)17(13-8-4-2-5-9-13)25-19-15(18(22)27)12-23-26(19)21/h2-12,16-17,25,29H,1H3,(H2,22,27)(H,24,28). The molecule has 1 aliphatic rings. The van der Waals surface area contributed by atoms with Gasteiger partial charge in [0.15, 0.2) is 5.72 Å². The third-order valence-electron chi connectivity index (χ3n) is 5.16. The van der Waals surface area contributed by atoms with Gasteiger partial charge in [0.1, 0.15) is 17.3 Å². The highest BCUT2D eigenvalue weighted by Gasteiger charge is 2.51. The molecule has 2 heterocycles. The number of amides is 2. The highest BCUT2D eigenvalue weighted by molar-refractivity contribution is 5.99. The molecule has 8 heteroatoms. The van der Waals surface area contributed by atoms with Crippen LogP contribution in [0.5, 0.6) is 0 Å². The number of hydrogen-bond acceptors (Lipinski definition) is 5. The van der Waals surface area contributed by atoms with E-state index < -0.39 is 23.6 Å². The molecule has 3 unspecified atom stereocenters. The third-order valence-corrected chi connectivity index (χ3v) is 5.16. The van der Waals surface area contributed by atoms with Crippen molar-refractivity contribution in [1.29, 1.82) is 0 Å². The first kappa shape index (κ1) is 18.7. The maximum absolute atomic E-state index is 13.3. The van der Waals surface area contributed by atoms with E-state index in [0.717, 1.165) is 5.56 Å². The number of nitrogens with one attached hydrogen (secondary N) is 2. The molecular formula is C21H21N5O3. The number of carbonyl (C=O) groups is 2. The lowest BCUT2D eigenvalue weighted by Crippen LogP contribution is -2.53. The maximum Gasteiger partial charge on any atom is 0.254 e. The molecular weight excluding hydrogens is 370 g/mol. The second-order valence-corrected chi connectivity index (χ2v) is 7.14. The summed E-state index contributed by atoms with van der Waals surface area (Å²) in [4.78, 5) is 25.1. The summed E-state index contributed by atoms with van der Waals surface area (Å²) in [5.41, 5.74) is 5.29. The normalized spacial score (nSPS) is 23.0. The smallest absolute Gasteiger partial charge is 0.254 e. The van der Waals surface area contributed by atoms with E-state index in [4.69, 9.17) is 5.73 Å². The fourth-order valence-electron chi connectivity index (χ4n) is 3.77. The molecule has 0 saturated heterocycles. The summed E-state index contributed by atoms with van der Waals surface area (Å²) in [6, 6.07) is 17.7. The van der Waals surface area contributed by atoms with Crippen LogP contribution in [0.4, 0.5) is 11.5 Å². The zero-order chi connectivity index (χ0) is 20.6. The summed E-state index contributed by atoms with van der Waals surface area (Å²) in [5.74, 6) is -1.73. The van der Waals surface area contributed by atoms with Crippen LogP contribution in [0.2, 0.25) is 0 Å². The quantitative estimate of drug-likeness (QED) is 0.542. The van der Waals surface area contributed by atoms with Crippen molar-refractivity contribution in [3.63, 3.8) is 0 Å². The van der Waals surface area contributed by atoms with Crippen molar-refractivity contribution in [1.82, 2.24) is 9.78 Å². The van der Waals surface area contributed by atoms with Crippen LogP contribution in [0.3, 0.4) is 0 Å². The lowest BCUT2D eigenvalue weighted by molar-refractivity contribution is -0.143. The minimum atomic E-state index is -1.71. The zero-order valence-electron chi connectivity index (χ0n) is 15.7. The lowest BCUT2D eigenvalue weighted by atomic mass is 9.82. The maximum atomic E-state index is 13.3. The number of para-hydroxylation sites is 1. The van der Waals surface area contributed by atoms with E-state index in [1.54, 1.807) is 12.1 Å². The van der Waals surface area contributed by atoms with Crippen LogP contribution in [0.25, 0.3) is 0 Å². The summed E-state index contributed by atoms with van der Waals surface area (Å²) in [6.07, 6.45) is 1.29. The molecule has 0 aliphatic carbocycles. The van der Waals surface area contributed by atoms with Gasteiger partial charge in [0.05, 0.1) is 12.2 Å². The van der Waals surface area contributed by atoms with Crippen molar-refractivity contribution >= 4 is 23.3 Å². The topological polar surface area (TPSA) is 122 Å². The van der Waals surface area contributed by atoms with Crippen LogP contribution in [0.15, 0.2) is 66.9 Å². The molecule has 0 radical (unpaired) electrons. The molecule has 1 aromatic heterocycles. The van der Waals surface area contributed by atoms with Gasteiger partial charge in [-0.1, -0.05) is 48.5 Å². The minimum absolute atomic E-state index is 0.146. The Morgan fingerprint density at radius 1 is 1.14 bits per heavy atom. The molecule has 3 atom stereocenters. The second-order valence-electron chi connectivity index (χ2n) is 7.14. The molecule has 4 rings (SSSR count). The number of fused-ring (bicyclic) bond motifs is 1. The van der Waals surface area contributed by atoms with Gasteiger partial charge in [-0.05, 0) is 24.6 Å². The lowest BCUT2D eigenvalue weighted by Gasteiger charge is -2.43. The Morgan fingerprint density at radius 2 is 1.76 bits per heavy atom. The minimum Gasteiger partial charge on any atom is -0.368 e. The predicted octanol–water partition coefficient (Wildman–Crippen LogP) is 2.07. The Labute approximate surface area is 167 Å². The molecule has 0 saturated carbocycles. The largest absolute Gasteiger partial charge is 0.368 e. The monoisotopic (exact) mass is 391 g/mol. The predicted molar refractivity (Wildman–Crippen MR) is 108 cm³/mol. The molecule has 2 amide bonds. The van der Waals surface area contributed by atoms with Crippen molar-refractivity contribution < 1.29 is 14.7 Å². The van der Waals surface area contributed by atoms with E-state index in [1.165, 1.54) is 17.8 Å². The van der Waals surface area contributed by atoms with Crippen molar-refractivity contribution in [2.24, 2.45) is 11.7 Å². The van der Waals surface area contributed by atoms with Gasteiger partial charge in [0.2, 0.25) is 5.91 Å². The number of nitrogens with zero attached hydrogens (tertiary/aromatic N) is 2. The van der Waals surface area contributed by atoms with Gasteiger partial charge < -0.3 is 21.5 Å². The number of primary amides is 1. The molecule has 148 valence electrons. The zero-order valence-corrected chi connectivity index (χ0v) is 15.7. The third kappa shape index (κ3) is 3.23. The van der Waals surface area contributed by atoms with Gasteiger partial charge in [-0.2, -0.15) is 5.10 Å². The van der Waals surface area contributed by atoms with E-state index in [-0.39, 0.29) is 17.3 Å². The Balaban J connectivity index is 1.81. The van der Waals surface area contributed by atoms with Crippen LogP contribution in [0, 0.1) is 5.92 Å². The Hall–Kier alpha value is -3.65. The van der Waals surface area contributed by atoms with Gasteiger partial charge in [0.25, 0.3) is 5.91 Å². The summed E-state index contributed by atoms with van der Waals surface area (Å²) in [6.45, 7) is 1.50. The second kappa shape index (κ2) is 7.06. The number of carbonyl (C=O) groups excluding carboxylic acids is 2. The van der Waals surface area contributed by atoms with Crippen LogP contribution in [-0.2, 0) is 10.5 Å². The molecule has 0 fully saturated rings. The van der Waals surface area contributed by atoms with Gasteiger partial charge in [0, 0.05) is 5.69 Å². The first-order chi connectivity index (χ1) is 13.9. The molecule has 5 N–H and O–H groups in total. The fraction of sp³-hybridized carbons (Fsp3) is 0.190. The molecule has 3 aromatic rings. The van der Waals surface area contributed by atoms with Gasteiger partial charge >= 0.3 is 0 Å². The SMILES string of the molecule is CC1(O)C(C(=O)Nc2ccccc2)C(c2ccccc2)Nc2c(C(N)=O)cnn21. The number of nitrogens with two attached hydrogens (primary N) is 1. The highest BCUT2D eigenvalue weighted by atomic mass is 16.3. The average molecular weight is 391 g/mol. The van der Waals surface area contributed by atoms with E-state index in [1.807, 2.05) is 48.5 Å². The van der Waals surface area contributed by atoms with Gasteiger partial charge in [-0.15, -0.1) is 0 Å². The first-order valence-electron chi connectivity index (χ1n) is 9.17. The highest BCUT2D eigenvalue weighted by Crippen LogP contribution is 2.43. The number of anilines is 2. The van der Waals surface area contributed by atoms with E-state index >= 15 is 0 Å². The van der Waals surface area contributed by atoms with Gasteiger partial charge in [-0.25, -0.2) is 4.68 Å². The number of benzene rings is 2. The van der Waals surface area contributed by atoms with Gasteiger partial charge in [-0.3, -0.25) is 9.59 Å². The molecule has 29 heavy (non-hydrogen) atoms. The molecule has 0 bridgehead atoms. The van der Waals surface area contributed by atoms with E-state index in [0.29, 0.717) is 5.69 Å². The molecule has 8 nitrogen and oxygen atoms in total. The van der Waals surface area contributed by atoms with Crippen molar-refractivity contribution in [2.45, 2.75) is 18.7 Å². The molecule has 1 aliphatic heterocycles. The Bertz CT molecular complexity index is 1050. The van der Waals surface area contributed by atoms with Crippen molar-refractivity contribution in [2.75, 3.05) is 10.6 Å². The number of aliphatic hydroxyl groups is 1. The summed E-state index contributed by atoms with van der Waals surface area (Å²) >= 11 is 0. The van der Waals surface area contributed by atoms with Crippen LogP contribution in [0.1, 0.15) is 28.9 Å². The molecule has 2 aromatic carbocycles. The fourth-order valence-corrected chi connectivity index (χ4v) is 3.77. The summed E-state index contributed by atoms with van der Waals surface area (Å²) in [7, 11) is 0. The number of hydrogen-bond donors (Lipinski definition) is 4. The van der Waals surface area contributed by atoms with E-state index in [9.17, 15) is 14.7 Å². The number of rotatable bonds is 4. The first-order valence-corrected chi connectivity index (χ1v) is 9.17.